The van der Waals surface area contributed by atoms with Crippen molar-refractivity contribution >= 4 is 42.4 Å². The molecule has 1 N–H and O–H groups in total. The topological polar surface area (TPSA) is 145 Å². The van der Waals surface area contributed by atoms with Crippen molar-refractivity contribution in [2.24, 2.45) is 0 Å². The number of benzene rings is 4. The predicted octanol–water partition coefficient (Wildman–Crippen LogP) is 6.36. The molecule has 2 fully saturated rings. The van der Waals surface area contributed by atoms with Gasteiger partial charge in [0.2, 0.25) is 0 Å². The van der Waals surface area contributed by atoms with E-state index in [0.29, 0.717) is 28.2 Å². The lowest BCUT2D eigenvalue weighted by atomic mass is 9.79. The van der Waals surface area contributed by atoms with Crippen LogP contribution in [0.15, 0.2) is 122 Å². The summed E-state index contributed by atoms with van der Waals surface area (Å²) in [6.07, 6.45) is 0.371. The lowest BCUT2D eigenvalue weighted by molar-refractivity contribution is -0.201. The highest BCUT2D eigenvalue weighted by atomic mass is 32.7. The lowest BCUT2D eigenvalue weighted by Gasteiger charge is -2.39. The summed E-state index contributed by atoms with van der Waals surface area (Å²) in [5.41, 5.74) is 1.20. The number of anilines is 1. The van der Waals surface area contributed by atoms with Gasteiger partial charge in [0.05, 0.1) is 33.8 Å². The third kappa shape index (κ3) is 6.40. The van der Waals surface area contributed by atoms with Gasteiger partial charge in [-0.3, -0.25) is 9.36 Å². The molecule has 2 aliphatic heterocycles. The van der Waals surface area contributed by atoms with Gasteiger partial charge in [0.1, 0.15) is 29.5 Å². The maximum absolute atomic E-state index is 13.0. The van der Waals surface area contributed by atoms with Gasteiger partial charge in [-0.15, -0.1) is 0 Å². The van der Waals surface area contributed by atoms with Crippen molar-refractivity contribution in [3.8, 4) is 11.5 Å². The van der Waals surface area contributed by atoms with Gasteiger partial charge in [-0.1, -0.05) is 77.4 Å². The number of hydrogen-bond acceptors (Lipinski definition) is 12. The zero-order valence-electron chi connectivity index (χ0n) is 29.1. The second-order valence-corrected chi connectivity index (χ2v) is 14.3. The number of methoxy groups -OCH3 is 2. The largest absolute Gasteiger partial charge is 0.497 e. The maximum Gasteiger partial charge on any atom is 0.372 e. The summed E-state index contributed by atoms with van der Waals surface area (Å²) >= 11 is 5.08. The van der Waals surface area contributed by atoms with Gasteiger partial charge < -0.3 is 41.2 Å². The minimum absolute atomic E-state index is 0.0629. The quantitative estimate of drug-likeness (QED) is 0.0794. The second kappa shape index (κ2) is 14.9. The zero-order chi connectivity index (χ0) is 37.3. The van der Waals surface area contributed by atoms with Crippen molar-refractivity contribution in [2.45, 2.75) is 29.6 Å². The predicted molar refractivity (Wildman–Crippen MR) is 200 cm³/mol. The highest BCUT2D eigenvalue weighted by Gasteiger charge is 2.66. The summed E-state index contributed by atoms with van der Waals surface area (Å²) in [4.78, 5) is 26.3. The third-order valence-electron chi connectivity index (χ3n) is 9.78. The number of hydrogen-bond donors (Lipinski definition) is 1. The van der Waals surface area contributed by atoms with E-state index >= 15 is 0 Å². The molecule has 2 aliphatic rings. The van der Waals surface area contributed by atoms with Gasteiger partial charge in [-0.2, -0.15) is 4.52 Å². The van der Waals surface area contributed by atoms with E-state index in [9.17, 15) is 9.36 Å². The monoisotopic (exact) mass is 763 g/mol. The molecule has 8 rings (SSSR count). The summed E-state index contributed by atoms with van der Waals surface area (Å²) < 4.78 is 51.7. The molecule has 2 saturated heterocycles. The molecule has 13 nitrogen and oxygen atoms in total. The molecule has 1 amide bonds. The number of amides is 1. The first kappa shape index (κ1) is 35.8. The number of nitrogens with one attached hydrogen (secondary N) is 1. The molecule has 0 aliphatic carbocycles. The average molecular weight is 764 g/mol. The van der Waals surface area contributed by atoms with Crippen LogP contribution >= 0.6 is 7.23 Å². The molecule has 0 saturated carbocycles. The van der Waals surface area contributed by atoms with Crippen molar-refractivity contribution < 1.29 is 37.6 Å². The summed E-state index contributed by atoms with van der Waals surface area (Å²) in [7, 11) is 0.736. The van der Waals surface area contributed by atoms with E-state index in [1.165, 1.54) is 12.7 Å². The minimum atomic E-state index is -2.49. The molecule has 2 unspecified atom stereocenters. The molecule has 6 aromatic rings. The molecule has 2 aromatic heterocycles. The van der Waals surface area contributed by atoms with Crippen LogP contribution in [0.2, 0.25) is 0 Å². The Labute approximate surface area is 316 Å². The molecule has 54 heavy (non-hydrogen) atoms. The minimum Gasteiger partial charge on any atom is -0.497 e. The Kier molecular flexibility index (Phi) is 9.88. The van der Waals surface area contributed by atoms with Gasteiger partial charge in [-0.05, 0) is 53.1 Å². The number of fused-ring (bicyclic) bond motifs is 3. The van der Waals surface area contributed by atoms with E-state index in [2.05, 4.69) is 20.3 Å². The SMILES string of the molecule is COc1ccc(C(OC[C@@]23COC([C@H](n4cnc5c(NC(=O)c6ccccc6)ncnc54)O2)[C@H]3O[P+](=O)[S-])(c2ccccc2)c2ccc(OC)cc2)cc1. The summed E-state index contributed by atoms with van der Waals surface area (Å²) in [6.45, 7) is -0.0104. The molecule has 15 heteroatoms. The molecule has 0 spiro atoms. The fourth-order valence-corrected chi connectivity index (χ4v) is 7.95. The molecular formula is C39H34N5O8PS. The zero-order valence-corrected chi connectivity index (χ0v) is 30.8. The van der Waals surface area contributed by atoms with Crippen LogP contribution in [-0.4, -0.2) is 70.7 Å². The van der Waals surface area contributed by atoms with Crippen LogP contribution in [-0.2, 0) is 41.1 Å². The fraction of sp³-hybridized carbons (Fsp3) is 0.231. The van der Waals surface area contributed by atoms with Crippen molar-refractivity contribution in [1.82, 2.24) is 19.5 Å². The van der Waals surface area contributed by atoms with Crippen LogP contribution in [0.25, 0.3) is 11.2 Å². The van der Waals surface area contributed by atoms with Crippen LogP contribution in [0.5, 0.6) is 11.5 Å². The first-order valence-electron chi connectivity index (χ1n) is 17.0. The van der Waals surface area contributed by atoms with Crippen LogP contribution in [0.1, 0.15) is 33.3 Å². The highest BCUT2D eigenvalue weighted by molar-refractivity contribution is 8.25. The van der Waals surface area contributed by atoms with Gasteiger partial charge >= 0.3 is 7.23 Å². The van der Waals surface area contributed by atoms with E-state index in [-0.39, 0.29) is 24.9 Å². The Morgan fingerprint density at radius 1 is 0.889 bits per heavy atom. The van der Waals surface area contributed by atoms with E-state index in [4.69, 9.17) is 40.5 Å². The Balaban J connectivity index is 1.18. The number of nitrogens with zero attached hydrogens (tertiary/aromatic N) is 4. The van der Waals surface area contributed by atoms with Crippen molar-refractivity contribution in [1.29, 1.82) is 0 Å². The lowest BCUT2D eigenvalue weighted by Crippen LogP contribution is -2.48. The van der Waals surface area contributed by atoms with Crippen LogP contribution in [0, 0.1) is 0 Å². The van der Waals surface area contributed by atoms with Gasteiger partial charge in [0, 0.05) is 5.56 Å². The maximum atomic E-state index is 13.0. The number of rotatable bonds is 13. The van der Waals surface area contributed by atoms with Gasteiger partial charge in [0.15, 0.2) is 34.9 Å². The number of ether oxygens (including phenoxy) is 5. The molecule has 5 atom stereocenters. The van der Waals surface area contributed by atoms with Gasteiger partial charge in [0.25, 0.3) is 5.91 Å². The first-order valence-corrected chi connectivity index (χ1v) is 19.2. The third-order valence-corrected chi connectivity index (χ3v) is 10.4. The van der Waals surface area contributed by atoms with Gasteiger partial charge in [-0.25, -0.2) is 15.0 Å². The fourth-order valence-electron chi connectivity index (χ4n) is 7.17. The second-order valence-electron chi connectivity index (χ2n) is 12.8. The van der Waals surface area contributed by atoms with Crippen LogP contribution in [0.3, 0.4) is 0 Å². The van der Waals surface area contributed by atoms with Crippen LogP contribution < -0.4 is 14.8 Å². The van der Waals surface area contributed by atoms with E-state index in [0.717, 1.165) is 16.7 Å². The number of aromatic nitrogens is 4. The summed E-state index contributed by atoms with van der Waals surface area (Å²) in [5.74, 6) is 1.25. The Bertz CT molecular complexity index is 2230. The highest BCUT2D eigenvalue weighted by Crippen LogP contribution is 2.52. The van der Waals surface area contributed by atoms with Crippen molar-refractivity contribution in [3.05, 3.63) is 144 Å². The molecule has 4 heterocycles. The smallest absolute Gasteiger partial charge is 0.372 e. The Morgan fingerprint density at radius 2 is 1.50 bits per heavy atom. The number of carbonyl (C=O) groups is 1. The van der Waals surface area contributed by atoms with Crippen LogP contribution in [0.4, 0.5) is 5.82 Å². The number of imidazole rings is 1. The van der Waals surface area contributed by atoms with Crippen molar-refractivity contribution in [2.75, 3.05) is 32.8 Å². The Morgan fingerprint density at radius 3 is 2.11 bits per heavy atom. The summed E-state index contributed by atoms with van der Waals surface area (Å²) in [6, 6.07) is 34.0. The molecule has 274 valence electrons. The van der Waals surface area contributed by atoms with E-state index < -0.39 is 36.9 Å². The summed E-state index contributed by atoms with van der Waals surface area (Å²) in [5, 5.41) is 2.83. The molecule has 2 bridgehead atoms. The van der Waals surface area contributed by atoms with E-state index in [1.807, 2.05) is 84.9 Å². The molecule has 0 radical (unpaired) electrons. The van der Waals surface area contributed by atoms with E-state index in [1.54, 1.807) is 43.1 Å². The average Bonchev–Trinajstić information content (AvgIpc) is 3.89. The first-order chi connectivity index (χ1) is 26.3. The normalized spacial score (nSPS) is 20.9. The van der Waals surface area contributed by atoms with Crippen molar-refractivity contribution in [3.63, 3.8) is 0 Å². The standard InChI is InChI=1S/C39H34N5O8PS/c1-47-29-17-13-27(14-18-29)39(26-11-7-4-8-12-26,28-15-19-30(48-2)20-16-28)50-22-38-21-49-32(33(38)52-53(46)54)37(51-38)44-24-42-31-34(40-23-41-35(31)44)43-36(45)25-9-5-3-6-10-25/h3-20,23-24,32-33,37H,21-22H2,1-2H3,(H,40,41,43,45)/t32?,33-,37-,38-/m1/s1. The molecular weight excluding hydrogens is 729 g/mol. The Hall–Kier alpha value is -5.21. The molecule has 4 aromatic carbocycles. The number of carbonyl (C=O) groups excluding carboxylic acids is 1.